The van der Waals surface area contributed by atoms with E-state index in [9.17, 15) is 4.79 Å². The molecular formula is C17H24N2O2. The minimum Gasteiger partial charge on any atom is -0.462 e. The maximum absolute atomic E-state index is 11.6. The molecule has 1 heterocycles. The average molecular weight is 288 g/mol. The first kappa shape index (κ1) is 14.4. The summed E-state index contributed by atoms with van der Waals surface area (Å²) in [7, 11) is 0. The number of esters is 1. The molecule has 4 nitrogen and oxygen atoms in total. The number of nitrogens with one attached hydrogen (secondary N) is 1. The van der Waals surface area contributed by atoms with E-state index in [1.54, 1.807) is 19.2 Å². The highest BCUT2D eigenvalue weighted by molar-refractivity contribution is 5.89. The molecule has 4 unspecified atom stereocenters. The van der Waals surface area contributed by atoms with Gasteiger partial charge in [0.25, 0.3) is 0 Å². The van der Waals surface area contributed by atoms with E-state index in [1.165, 1.54) is 25.7 Å². The van der Waals surface area contributed by atoms with E-state index in [4.69, 9.17) is 4.74 Å². The molecule has 4 heteroatoms. The van der Waals surface area contributed by atoms with Crippen molar-refractivity contribution in [3.63, 3.8) is 0 Å². The maximum atomic E-state index is 11.6. The normalized spacial score (nSPS) is 28.4. The molecule has 0 aliphatic heterocycles. The molecule has 0 spiro atoms. The van der Waals surface area contributed by atoms with Gasteiger partial charge in [-0.2, -0.15) is 0 Å². The largest absolute Gasteiger partial charge is 0.462 e. The Bertz CT molecular complexity index is 500. The Morgan fingerprint density at radius 1 is 1.43 bits per heavy atom. The number of anilines is 1. The molecule has 21 heavy (non-hydrogen) atoms. The fraction of sp³-hybridized carbons (Fsp3) is 0.647. The Balaban J connectivity index is 1.59. The minimum absolute atomic E-state index is 0.308. The SMILES string of the molecule is CCOC(=O)c1ccc(NC(C)C2CC3CCC2C3)nc1. The number of aromatic nitrogens is 1. The van der Waals surface area contributed by atoms with Gasteiger partial charge in [0.2, 0.25) is 0 Å². The lowest BCUT2D eigenvalue weighted by atomic mass is 9.84. The van der Waals surface area contributed by atoms with Gasteiger partial charge in [-0.3, -0.25) is 0 Å². The number of carbonyl (C=O) groups excluding carboxylic acids is 1. The molecule has 2 aliphatic carbocycles. The standard InChI is InChI=1S/C17H24N2O2/c1-3-21-17(20)14-6-7-16(18-10-14)19-11(2)15-9-12-4-5-13(15)8-12/h6-7,10-13,15H,3-5,8-9H2,1-2H3,(H,18,19). The molecule has 2 saturated carbocycles. The van der Waals surface area contributed by atoms with Crippen molar-refractivity contribution in [1.82, 2.24) is 4.98 Å². The van der Waals surface area contributed by atoms with Crippen LogP contribution in [0.25, 0.3) is 0 Å². The predicted octanol–water partition coefficient (Wildman–Crippen LogP) is 3.49. The highest BCUT2D eigenvalue weighted by Crippen LogP contribution is 2.49. The quantitative estimate of drug-likeness (QED) is 0.843. The Hall–Kier alpha value is -1.58. The predicted molar refractivity (Wildman–Crippen MR) is 82.2 cm³/mol. The lowest BCUT2D eigenvalue weighted by Gasteiger charge is -2.28. The fourth-order valence-corrected chi connectivity index (χ4v) is 4.06. The van der Waals surface area contributed by atoms with Crippen LogP contribution in [0.4, 0.5) is 5.82 Å². The highest BCUT2D eigenvalue weighted by Gasteiger charge is 2.41. The number of hydrogen-bond donors (Lipinski definition) is 1. The van der Waals surface area contributed by atoms with Crippen LogP contribution in [0.1, 0.15) is 49.9 Å². The molecule has 0 radical (unpaired) electrons. The average Bonchev–Trinajstić information content (AvgIpc) is 3.11. The van der Waals surface area contributed by atoms with Gasteiger partial charge >= 0.3 is 5.97 Å². The summed E-state index contributed by atoms with van der Waals surface area (Å²) in [5, 5.41) is 3.50. The van der Waals surface area contributed by atoms with Crippen LogP contribution in [0, 0.1) is 17.8 Å². The van der Waals surface area contributed by atoms with E-state index in [2.05, 4.69) is 17.2 Å². The maximum Gasteiger partial charge on any atom is 0.339 e. The van der Waals surface area contributed by atoms with E-state index in [0.29, 0.717) is 18.2 Å². The molecule has 0 saturated heterocycles. The second kappa shape index (κ2) is 6.04. The van der Waals surface area contributed by atoms with E-state index >= 15 is 0 Å². The molecule has 0 aromatic carbocycles. The first-order valence-electron chi connectivity index (χ1n) is 8.07. The van der Waals surface area contributed by atoms with Gasteiger partial charge in [-0.25, -0.2) is 9.78 Å². The molecule has 2 bridgehead atoms. The van der Waals surface area contributed by atoms with Crippen LogP contribution in [0.5, 0.6) is 0 Å². The number of ether oxygens (including phenoxy) is 1. The van der Waals surface area contributed by atoms with Crippen LogP contribution < -0.4 is 5.32 Å². The Labute approximate surface area is 126 Å². The van der Waals surface area contributed by atoms with Gasteiger partial charge in [0.05, 0.1) is 12.2 Å². The van der Waals surface area contributed by atoms with E-state index < -0.39 is 0 Å². The lowest BCUT2D eigenvalue weighted by molar-refractivity contribution is 0.0526. The van der Waals surface area contributed by atoms with Crippen molar-refractivity contribution >= 4 is 11.8 Å². The molecule has 2 fully saturated rings. The number of rotatable bonds is 5. The zero-order chi connectivity index (χ0) is 14.8. The number of nitrogens with zero attached hydrogens (tertiary/aromatic N) is 1. The number of hydrogen-bond acceptors (Lipinski definition) is 4. The summed E-state index contributed by atoms with van der Waals surface area (Å²) in [6.07, 6.45) is 7.20. The molecule has 2 aliphatic rings. The van der Waals surface area contributed by atoms with E-state index in [-0.39, 0.29) is 5.97 Å². The summed E-state index contributed by atoms with van der Waals surface area (Å²) >= 11 is 0. The molecule has 3 rings (SSSR count). The molecular weight excluding hydrogens is 264 g/mol. The lowest BCUT2D eigenvalue weighted by Crippen LogP contribution is -2.30. The van der Waals surface area contributed by atoms with Crippen LogP contribution in [0.2, 0.25) is 0 Å². The third kappa shape index (κ3) is 3.04. The van der Waals surface area contributed by atoms with Gasteiger partial charge in [-0.1, -0.05) is 6.42 Å². The zero-order valence-corrected chi connectivity index (χ0v) is 12.8. The Morgan fingerprint density at radius 2 is 2.29 bits per heavy atom. The molecule has 4 atom stereocenters. The van der Waals surface area contributed by atoms with Crippen LogP contribution in [-0.4, -0.2) is 23.6 Å². The highest BCUT2D eigenvalue weighted by atomic mass is 16.5. The summed E-state index contributed by atoms with van der Waals surface area (Å²) in [6.45, 7) is 4.45. The van der Waals surface area contributed by atoms with Gasteiger partial charge in [0.1, 0.15) is 5.82 Å². The summed E-state index contributed by atoms with van der Waals surface area (Å²) in [6, 6.07) is 4.10. The van der Waals surface area contributed by atoms with Crippen molar-refractivity contribution in [2.24, 2.45) is 17.8 Å². The number of fused-ring (bicyclic) bond motifs is 2. The van der Waals surface area contributed by atoms with Gasteiger partial charge < -0.3 is 10.1 Å². The summed E-state index contributed by atoms with van der Waals surface area (Å²) in [5.41, 5.74) is 0.509. The minimum atomic E-state index is -0.308. The van der Waals surface area contributed by atoms with Gasteiger partial charge in [-0.15, -0.1) is 0 Å². The smallest absolute Gasteiger partial charge is 0.339 e. The monoisotopic (exact) mass is 288 g/mol. The fourth-order valence-electron chi connectivity index (χ4n) is 4.06. The first-order chi connectivity index (χ1) is 10.2. The van der Waals surface area contributed by atoms with Crippen LogP contribution in [0.15, 0.2) is 18.3 Å². The van der Waals surface area contributed by atoms with E-state index in [0.717, 1.165) is 23.6 Å². The summed E-state index contributed by atoms with van der Waals surface area (Å²) < 4.78 is 4.96. The van der Waals surface area contributed by atoms with Crippen molar-refractivity contribution < 1.29 is 9.53 Å². The molecule has 1 N–H and O–H groups in total. The van der Waals surface area contributed by atoms with Crippen LogP contribution in [-0.2, 0) is 4.74 Å². The number of carbonyl (C=O) groups is 1. The first-order valence-corrected chi connectivity index (χ1v) is 8.07. The molecule has 114 valence electrons. The van der Waals surface area contributed by atoms with Crippen molar-refractivity contribution in [2.45, 2.75) is 45.6 Å². The van der Waals surface area contributed by atoms with Crippen molar-refractivity contribution in [2.75, 3.05) is 11.9 Å². The van der Waals surface area contributed by atoms with Gasteiger partial charge in [-0.05, 0) is 63.0 Å². The third-order valence-electron chi connectivity index (χ3n) is 5.09. The Morgan fingerprint density at radius 3 is 2.86 bits per heavy atom. The molecule has 1 aromatic heterocycles. The molecule has 0 amide bonds. The van der Waals surface area contributed by atoms with E-state index in [1.807, 2.05) is 6.07 Å². The van der Waals surface area contributed by atoms with Crippen LogP contribution >= 0.6 is 0 Å². The second-order valence-corrected chi connectivity index (χ2v) is 6.42. The van der Waals surface area contributed by atoms with Crippen molar-refractivity contribution in [3.05, 3.63) is 23.9 Å². The summed E-state index contributed by atoms with van der Waals surface area (Å²) in [4.78, 5) is 15.9. The van der Waals surface area contributed by atoms with Crippen LogP contribution in [0.3, 0.4) is 0 Å². The number of pyridine rings is 1. The zero-order valence-electron chi connectivity index (χ0n) is 12.8. The van der Waals surface area contributed by atoms with Gasteiger partial charge in [0, 0.05) is 12.2 Å². The summed E-state index contributed by atoms with van der Waals surface area (Å²) in [5.74, 6) is 3.17. The second-order valence-electron chi connectivity index (χ2n) is 6.42. The third-order valence-corrected chi connectivity index (χ3v) is 5.09. The van der Waals surface area contributed by atoms with Crippen molar-refractivity contribution in [3.8, 4) is 0 Å². The van der Waals surface area contributed by atoms with Crippen molar-refractivity contribution in [1.29, 1.82) is 0 Å². The molecule has 1 aromatic rings. The Kier molecular flexibility index (Phi) is 4.13. The topological polar surface area (TPSA) is 51.2 Å². The van der Waals surface area contributed by atoms with Gasteiger partial charge in [0.15, 0.2) is 0 Å².